The molecule has 3 rings (SSSR count). The largest absolute Gasteiger partial charge is 0.514 e. The minimum Gasteiger partial charge on any atom is -0.429 e. The summed E-state index contributed by atoms with van der Waals surface area (Å²) in [5.74, 6) is 0.360. The number of ether oxygens (including phenoxy) is 2. The number of piperidine rings is 1. The molecule has 28 heavy (non-hydrogen) atoms. The molecule has 0 spiro atoms. The smallest absolute Gasteiger partial charge is 0.429 e. The zero-order valence-corrected chi connectivity index (χ0v) is 16.1. The fourth-order valence-electron chi connectivity index (χ4n) is 3.08. The molecule has 0 aromatic heterocycles. The number of hydrogen-bond acceptors (Lipinski definition) is 4. The SMILES string of the molecule is Cc1ccc(/C=C/C(=O)N2CCCCC2)c(OC(=O)OCc2ccccc2)c1. The predicted octanol–water partition coefficient (Wildman–Crippen LogP) is 4.74. The van der Waals surface area contributed by atoms with E-state index in [-0.39, 0.29) is 12.5 Å². The molecule has 0 atom stereocenters. The standard InChI is InChI=1S/C23H25NO4/c1-18-10-11-20(12-13-22(25)24-14-6-3-7-15-24)21(16-18)28-23(26)27-17-19-8-4-2-5-9-19/h2,4-5,8-13,16H,3,6-7,14-15,17H2,1H3/b13-12+. The van der Waals surface area contributed by atoms with E-state index in [0.717, 1.165) is 37.1 Å². The van der Waals surface area contributed by atoms with Gasteiger partial charge in [-0.2, -0.15) is 0 Å². The molecule has 2 aromatic carbocycles. The molecule has 5 heteroatoms. The van der Waals surface area contributed by atoms with Gasteiger partial charge in [-0.25, -0.2) is 4.79 Å². The topological polar surface area (TPSA) is 55.8 Å². The van der Waals surface area contributed by atoms with Crippen LogP contribution in [0.5, 0.6) is 5.75 Å². The van der Waals surface area contributed by atoms with Crippen LogP contribution in [-0.2, 0) is 16.1 Å². The van der Waals surface area contributed by atoms with Gasteiger partial charge in [0.2, 0.25) is 5.91 Å². The molecule has 146 valence electrons. The average Bonchev–Trinajstić information content (AvgIpc) is 2.73. The lowest BCUT2D eigenvalue weighted by Gasteiger charge is -2.25. The second kappa shape index (κ2) is 9.74. The van der Waals surface area contributed by atoms with Crippen LogP contribution in [0.2, 0.25) is 0 Å². The van der Waals surface area contributed by atoms with Crippen LogP contribution < -0.4 is 4.74 Å². The number of carbonyl (C=O) groups is 2. The first kappa shape index (κ1) is 19.7. The summed E-state index contributed by atoms with van der Waals surface area (Å²) in [5, 5.41) is 0. The number of rotatable bonds is 5. The molecule has 1 fully saturated rings. The number of hydrogen-bond donors (Lipinski definition) is 0. The Bertz CT molecular complexity index is 839. The van der Waals surface area contributed by atoms with Crippen molar-refractivity contribution in [3.05, 3.63) is 71.3 Å². The van der Waals surface area contributed by atoms with E-state index in [1.807, 2.05) is 54.3 Å². The first-order chi connectivity index (χ1) is 13.6. The van der Waals surface area contributed by atoms with Crippen molar-refractivity contribution in [2.24, 2.45) is 0 Å². The van der Waals surface area contributed by atoms with E-state index in [1.165, 1.54) is 12.5 Å². The van der Waals surface area contributed by atoms with E-state index in [0.29, 0.717) is 11.3 Å². The van der Waals surface area contributed by atoms with Gasteiger partial charge in [0.25, 0.3) is 0 Å². The molecular formula is C23H25NO4. The van der Waals surface area contributed by atoms with E-state index in [1.54, 1.807) is 12.1 Å². The lowest BCUT2D eigenvalue weighted by Crippen LogP contribution is -2.34. The highest BCUT2D eigenvalue weighted by Crippen LogP contribution is 2.23. The molecule has 0 radical (unpaired) electrons. The summed E-state index contributed by atoms with van der Waals surface area (Å²) in [6.07, 6.45) is 5.73. The Kier molecular flexibility index (Phi) is 6.84. The molecule has 0 N–H and O–H groups in total. The molecule has 1 amide bonds. The number of nitrogens with zero attached hydrogens (tertiary/aromatic N) is 1. The fourth-order valence-corrected chi connectivity index (χ4v) is 3.08. The van der Waals surface area contributed by atoms with Crippen LogP contribution >= 0.6 is 0 Å². The molecule has 0 saturated carbocycles. The Morgan fingerprint density at radius 2 is 1.79 bits per heavy atom. The zero-order valence-electron chi connectivity index (χ0n) is 16.1. The summed E-state index contributed by atoms with van der Waals surface area (Å²) in [7, 11) is 0. The van der Waals surface area contributed by atoms with Gasteiger partial charge in [-0.05, 0) is 49.5 Å². The van der Waals surface area contributed by atoms with Crippen LogP contribution in [0.3, 0.4) is 0 Å². The Balaban J connectivity index is 1.63. The zero-order chi connectivity index (χ0) is 19.8. The summed E-state index contributed by atoms with van der Waals surface area (Å²) in [6, 6.07) is 14.9. The first-order valence-corrected chi connectivity index (χ1v) is 9.58. The molecular weight excluding hydrogens is 354 g/mol. The Hall–Kier alpha value is -3.08. The van der Waals surface area contributed by atoms with Gasteiger partial charge in [-0.15, -0.1) is 0 Å². The summed E-state index contributed by atoms with van der Waals surface area (Å²) < 4.78 is 10.6. The highest BCUT2D eigenvalue weighted by Gasteiger charge is 2.15. The van der Waals surface area contributed by atoms with Crippen LogP contribution in [0.1, 0.15) is 36.0 Å². The van der Waals surface area contributed by atoms with Gasteiger partial charge in [-0.1, -0.05) is 42.5 Å². The van der Waals surface area contributed by atoms with Gasteiger partial charge in [0.05, 0.1) is 0 Å². The molecule has 0 aliphatic carbocycles. The van der Waals surface area contributed by atoms with Crippen LogP contribution in [0.15, 0.2) is 54.6 Å². The fraction of sp³-hybridized carbons (Fsp3) is 0.304. The Morgan fingerprint density at radius 1 is 1.04 bits per heavy atom. The third-order valence-electron chi connectivity index (χ3n) is 4.64. The molecule has 0 bridgehead atoms. The molecule has 1 aliphatic heterocycles. The van der Waals surface area contributed by atoms with Crippen molar-refractivity contribution in [3.63, 3.8) is 0 Å². The Labute approximate surface area is 165 Å². The number of aryl methyl sites for hydroxylation is 1. The highest BCUT2D eigenvalue weighted by atomic mass is 16.7. The van der Waals surface area contributed by atoms with Gasteiger partial charge >= 0.3 is 6.16 Å². The van der Waals surface area contributed by atoms with Crippen molar-refractivity contribution in [1.29, 1.82) is 0 Å². The van der Waals surface area contributed by atoms with Gasteiger partial charge in [0.1, 0.15) is 12.4 Å². The van der Waals surface area contributed by atoms with Crippen molar-refractivity contribution in [1.82, 2.24) is 4.90 Å². The van der Waals surface area contributed by atoms with Gasteiger partial charge in [-0.3, -0.25) is 4.79 Å². The summed E-state index contributed by atoms with van der Waals surface area (Å²) in [6.45, 7) is 3.65. The lowest BCUT2D eigenvalue weighted by atomic mass is 10.1. The number of amides is 1. The first-order valence-electron chi connectivity index (χ1n) is 9.58. The molecule has 1 saturated heterocycles. The highest BCUT2D eigenvalue weighted by molar-refractivity contribution is 5.92. The summed E-state index contributed by atoms with van der Waals surface area (Å²) >= 11 is 0. The molecule has 5 nitrogen and oxygen atoms in total. The van der Waals surface area contributed by atoms with Crippen molar-refractivity contribution in [2.45, 2.75) is 32.8 Å². The van der Waals surface area contributed by atoms with Crippen LogP contribution in [0.4, 0.5) is 4.79 Å². The average molecular weight is 379 g/mol. The quantitative estimate of drug-likeness (QED) is 0.428. The van der Waals surface area contributed by atoms with E-state index in [4.69, 9.17) is 9.47 Å². The molecule has 1 heterocycles. The monoisotopic (exact) mass is 379 g/mol. The molecule has 0 unspecified atom stereocenters. The lowest BCUT2D eigenvalue weighted by molar-refractivity contribution is -0.126. The van der Waals surface area contributed by atoms with E-state index < -0.39 is 6.16 Å². The van der Waals surface area contributed by atoms with Gasteiger partial charge in [0.15, 0.2) is 0 Å². The number of benzene rings is 2. The maximum atomic E-state index is 12.3. The third kappa shape index (κ3) is 5.71. The second-order valence-electron chi connectivity index (χ2n) is 6.89. The minimum absolute atomic E-state index is 0.0159. The molecule has 2 aromatic rings. The maximum absolute atomic E-state index is 12.3. The summed E-state index contributed by atoms with van der Waals surface area (Å²) in [4.78, 5) is 26.3. The number of likely N-dealkylation sites (tertiary alicyclic amines) is 1. The van der Waals surface area contributed by atoms with E-state index >= 15 is 0 Å². The minimum atomic E-state index is -0.772. The maximum Gasteiger partial charge on any atom is 0.514 e. The van der Waals surface area contributed by atoms with Crippen molar-refractivity contribution in [2.75, 3.05) is 13.1 Å². The predicted molar refractivity (Wildman–Crippen MR) is 108 cm³/mol. The van der Waals surface area contributed by atoms with E-state index in [9.17, 15) is 9.59 Å². The number of carbonyl (C=O) groups excluding carboxylic acids is 2. The van der Waals surface area contributed by atoms with Gasteiger partial charge < -0.3 is 14.4 Å². The van der Waals surface area contributed by atoms with Crippen molar-refractivity contribution in [3.8, 4) is 5.75 Å². The third-order valence-corrected chi connectivity index (χ3v) is 4.64. The van der Waals surface area contributed by atoms with Crippen molar-refractivity contribution >= 4 is 18.1 Å². The van der Waals surface area contributed by atoms with Crippen LogP contribution in [0.25, 0.3) is 6.08 Å². The second-order valence-corrected chi connectivity index (χ2v) is 6.89. The molecule has 1 aliphatic rings. The van der Waals surface area contributed by atoms with Crippen molar-refractivity contribution < 1.29 is 19.1 Å². The van der Waals surface area contributed by atoms with Crippen LogP contribution in [-0.4, -0.2) is 30.1 Å². The summed E-state index contributed by atoms with van der Waals surface area (Å²) in [5.41, 5.74) is 2.49. The van der Waals surface area contributed by atoms with Gasteiger partial charge in [0, 0.05) is 24.7 Å². The van der Waals surface area contributed by atoms with Crippen LogP contribution in [0, 0.1) is 6.92 Å². The van der Waals surface area contributed by atoms with E-state index in [2.05, 4.69) is 0 Å². The normalized spacial score (nSPS) is 14.1. The Morgan fingerprint density at radius 3 is 2.54 bits per heavy atom.